The molecule has 0 aliphatic heterocycles. The number of sulfone groups is 1. The van der Waals surface area contributed by atoms with E-state index in [-0.39, 0.29) is 10.7 Å². The molecule has 0 fully saturated rings. The highest BCUT2D eigenvalue weighted by atomic mass is 32.2. The Morgan fingerprint density at radius 2 is 1.78 bits per heavy atom. The predicted octanol–water partition coefficient (Wildman–Crippen LogP) is 3.87. The van der Waals surface area contributed by atoms with Crippen LogP contribution in [0.15, 0.2) is 59.8 Å². The Bertz CT molecular complexity index is 1150. The molecule has 0 amide bonds. The molecule has 0 saturated carbocycles. The van der Waals surface area contributed by atoms with Crippen LogP contribution in [0.25, 0.3) is 22.3 Å². The maximum atomic E-state index is 13.4. The molecule has 0 aliphatic rings. The van der Waals surface area contributed by atoms with Crippen molar-refractivity contribution in [2.45, 2.75) is 4.90 Å². The Balaban J connectivity index is 2.39. The Labute approximate surface area is 157 Å². The second-order valence-electron chi connectivity index (χ2n) is 6.00. The summed E-state index contributed by atoms with van der Waals surface area (Å²) in [6.07, 6.45) is 4.18. The number of aromatic nitrogens is 1. The van der Waals surface area contributed by atoms with Crippen molar-refractivity contribution >= 4 is 15.5 Å². The lowest BCUT2D eigenvalue weighted by Gasteiger charge is -2.17. The summed E-state index contributed by atoms with van der Waals surface area (Å²) in [5, 5.41) is 12.2. The molecule has 0 radical (unpaired) electrons. The molecule has 27 heavy (non-hydrogen) atoms. The van der Waals surface area contributed by atoms with Gasteiger partial charge in [0.15, 0.2) is 9.84 Å². The van der Waals surface area contributed by atoms with E-state index in [1.54, 1.807) is 37.5 Å². The highest BCUT2D eigenvalue weighted by Gasteiger charge is 2.19. The number of pyridine rings is 1. The number of benzene rings is 2. The molecule has 1 aromatic heterocycles. The molecular weight excluding hydrogens is 365 g/mol. The van der Waals surface area contributed by atoms with Gasteiger partial charge < -0.3 is 5.32 Å². The van der Waals surface area contributed by atoms with Crippen LogP contribution in [0.4, 0.5) is 10.1 Å². The third kappa shape index (κ3) is 3.81. The molecule has 5 nitrogen and oxygen atoms in total. The fourth-order valence-electron chi connectivity index (χ4n) is 2.83. The maximum absolute atomic E-state index is 13.4. The third-order valence-electron chi connectivity index (χ3n) is 4.12. The van der Waals surface area contributed by atoms with Crippen molar-refractivity contribution in [1.29, 1.82) is 5.26 Å². The van der Waals surface area contributed by atoms with Crippen LogP contribution < -0.4 is 5.32 Å². The zero-order chi connectivity index (χ0) is 19.6. The van der Waals surface area contributed by atoms with Gasteiger partial charge in [-0.15, -0.1) is 0 Å². The molecule has 1 N–H and O–H groups in total. The van der Waals surface area contributed by atoms with Crippen LogP contribution in [0.5, 0.6) is 0 Å². The summed E-state index contributed by atoms with van der Waals surface area (Å²) in [7, 11) is -1.79. The Morgan fingerprint density at radius 1 is 1.07 bits per heavy atom. The van der Waals surface area contributed by atoms with Crippen molar-refractivity contribution in [3.63, 3.8) is 0 Å². The molecule has 0 saturated heterocycles. The predicted molar refractivity (Wildman–Crippen MR) is 102 cm³/mol. The molecule has 3 aromatic rings. The zero-order valence-electron chi connectivity index (χ0n) is 14.7. The number of nitrogens with one attached hydrogen (secondary N) is 1. The van der Waals surface area contributed by atoms with Crippen molar-refractivity contribution in [2.24, 2.45) is 0 Å². The van der Waals surface area contributed by atoms with E-state index >= 15 is 0 Å². The van der Waals surface area contributed by atoms with E-state index in [2.05, 4.69) is 10.3 Å². The van der Waals surface area contributed by atoms with Gasteiger partial charge in [-0.2, -0.15) is 5.26 Å². The van der Waals surface area contributed by atoms with E-state index in [0.29, 0.717) is 33.5 Å². The van der Waals surface area contributed by atoms with E-state index in [0.717, 1.165) is 6.26 Å². The molecule has 2 aromatic carbocycles. The van der Waals surface area contributed by atoms with Gasteiger partial charge in [0.25, 0.3) is 0 Å². The maximum Gasteiger partial charge on any atom is 0.175 e. The minimum Gasteiger partial charge on any atom is -0.388 e. The van der Waals surface area contributed by atoms with Crippen LogP contribution in [-0.2, 0) is 9.84 Å². The van der Waals surface area contributed by atoms with E-state index < -0.39 is 9.84 Å². The van der Waals surface area contributed by atoms with Gasteiger partial charge in [-0.25, -0.2) is 12.8 Å². The fraction of sp³-hybridized carbons (Fsp3) is 0.100. The fourth-order valence-corrected chi connectivity index (χ4v) is 3.50. The molecule has 0 aliphatic carbocycles. The highest BCUT2D eigenvalue weighted by Crippen LogP contribution is 2.40. The first-order valence-corrected chi connectivity index (χ1v) is 9.90. The van der Waals surface area contributed by atoms with Crippen LogP contribution >= 0.6 is 0 Å². The second-order valence-corrected chi connectivity index (χ2v) is 8.01. The minimum absolute atomic E-state index is 0.138. The third-order valence-corrected chi connectivity index (χ3v) is 5.21. The molecule has 0 unspecified atom stereocenters. The lowest BCUT2D eigenvalue weighted by atomic mass is 9.93. The molecular formula is C20H16FN3O2S. The molecule has 1 heterocycles. The number of nitriles is 1. The van der Waals surface area contributed by atoms with Crippen LogP contribution in [0.3, 0.4) is 0 Å². The number of hydrogen-bond acceptors (Lipinski definition) is 5. The van der Waals surface area contributed by atoms with E-state index in [1.165, 1.54) is 24.4 Å². The smallest absolute Gasteiger partial charge is 0.175 e. The number of anilines is 1. The molecule has 0 spiro atoms. The average Bonchev–Trinajstić information content (AvgIpc) is 2.66. The van der Waals surface area contributed by atoms with Gasteiger partial charge >= 0.3 is 0 Å². The summed E-state index contributed by atoms with van der Waals surface area (Å²) in [4.78, 5) is 4.24. The summed E-state index contributed by atoms with van der Waals surface area (Å²) in [6.45, 7) is 0. The Morgan fingerprint density at radius 3 is 2.37 bits per heavy atom. The molecule has 7 heteroatoms. The van der Waals surface area contributed by atoms with E-state index in [9.17, 15) is 18.1 Å². The standard InChI is InChI=1S/C20H16FN3O2S/c1-23-19-9-17(27(2,25)26)8-18(14-3-5-16(21)6-4-14)20(19)15-7-13(10-22)11-24-12-15/h3-9,11-12,23H,1-2H3. The molecule has 3 rings (SSSR count). The van der Waals surface area contributed by atoms with E-state index in [1.807, 2.05) is 6.07 Å². The van der Waals surface area contributed by atoms with Crippen molar-refractivity contribution < 1.29 is 12.8 Å². The summed E-state index contributed by atoms with van der Waals surface area (Å²) in [6, 6.07) is 12.6. The quantitative estimate of drug-likeness (QED) is 0.742. The van der Waals surface area contributed by atoms with Crippen LogP contribution in [0.1, 0.15) is 5.56 Å². The van der Waals surface area contributed by atoms with Crippen molar-refractivity contribution in [2.75, 3.05) is 18.6 Å². The number of hydrogen-bond donors (Lipinski definition) is 1. The van der Waals surface area contributed by atoms with Gasteiger partial charge in [0.2, 0.25) is 0 Å². The number of halogens is 1. The first kappa shape index (κ1) is 18.5. The summed E-state index contributed by atoms with van der Waals surface area (Å²) < 4.78 is 37.7. The largest absolute Gasteiger partial charge is 0.388 e. The first-order valence-electron chi connectivity index (χ1n) is 8.01. The number of rotatable bonds is 4. The van der Waals surface area contributed by atoms with E-state index in [4.69, 9.17) is 0 Å². The molecule has 136 valence electrons. The highest BCUT2D eigenvalue weighted by molar-refractivity contribution is 7.90. The zero-order valence-corrected chi connectivity index (χ0v) is 15.5. The molecule has 0 bridgehead atoms. The van der Waals surface area contributed by atoms with Gasteiger partial charge in [0, 0.05) is 42.5 Å². The first-order chi connectivity index (χ1) is 12.8. The SMILES string of the molecule is CNc1cc(S(C)(=O)=O)cc(-c2ccc(F)cc2)c1-c1cncc(C#N)c1. The Kier molecular flexibility index (Phi) is 4.93. The lowest BCUT2D eigenvalue weighted by Crippen LogP contribution is -2.02. The monoisotopic (exact) mass is 381 g/mol. The van der Waals surface area contributed by atoms with Crippen molar-refractivity contribution in [1.82, 2.24) is 4.98 Å². The van der Waals surface area contributed by atoms with Crippen LogP contribution in [0, 0.1) is 17.1 Å². The minimum atomic E-state index is -3.47. The van der Waals surface area contributed by atoms with Gasteiger partial charge in [0.05, 0.1) is 10.5 Å². The normalized spacial score (nSPS) is 11.0. The van der Waals surface area contributed by atoms with Crippen molar-refractivity contribution in [3.05, 3.63) is 66.2 Å². The summed E-state index contributed by atoms with van der Waals surface area (Å²) in [5.41, 5.74) is 3.52. The van der Waals surface area contributed by atoms with Crippen molar-refractivity contribution in [3.8, 4) is 28.3 Å². The van der Waals surface area contributed by atoms with Gasteiger partial charge in [-0.1, -0.05) is 12.1 Å². The van der Waals surface area contributed by atoms with Gasteiger partial charge in [0.1, 0.15) is 11.9 Å². The molecule has 0 atom stereocenters. The second kappa shape index (κ2) is 7.17. The number of nitrogens with zero attached hydrogens (tertiary/aromatic N) is 2. The summed E-state index contributed by atoms with van der Waals surface area (Å²) in [5.74, 6) is -0.387. The summed E-state index contributed by atoms with van der Waals surface area (Å²) >= 11 is 0. The van der Waals surface area contributed by atoms with Crippen LogP contribution in [0.2, 0.25) is 0 Å². The average molecular weight is 381 g/mol. The lowest BCUT2D eigenvalue weighted by molar-refractivity contribution is 0.602. The van der Waals surface area contributed by atoms with Gasteiger partial charge in [-0.05, 0) is 41.5 Å². The van der Waals surface area contributed by atoms with Gasteiger partial charge in [-0.3, -0.25) is 4.98 Å². The Hall–Kier alpha value is -3.24. The van der Waals surface area contributed by atoms with Crippen LogP contribution in [-0.4, -0.2) is 26.7 Å². The topological polar surface area (TPSA) is 82.8 Å².